The largest absolute Gasteiger partial charge is 0.457 e. The Kier molecular flexibility index (Phi) is 5.89. The number of aryl methyl sites for hydroxylation is 1. The van der Waals surface area contributed by atoms with E-state index in [-0.39, 0.29) is 28.4 Å². The predicted octanol–water partition coefficient (Wildman–Crippen LogP) is 10.3. The van der Waals surface area contributed by atoms with Crippen LogP contribution in [-0.4, -0.2) is 6.71 Å². The van der Waals surface area contributed by atoms with Crippen molar-refractivity contribution in [1.82, 2.24) is 0 Å². The van der Waals surface area contributed by atoms with Crippen molar-refractivity contribution >= 4 is 60.9 Å². The average molecular weight is 636 g/mol. The predicted molar refractivity (Wildman–Crippen MR) is 203 cm³/mol. The second kappa shape index (κ2) is 9.35. The zero-order valence-electron chi connectivity index (χ0n) is 29.5. The number of nitrogens with zero attached hydrogens (tertiary/aromatic N) is 1. The maximum absolute atomic E-state index is 6.95. The molecule has 0 bridgehead atoms. The van der Waals surface area contributed by atoms with Gasteiger partial charge in [-0.15, -0.1) is 11.3 Å². The maximum Gasteiger partial charge on any atom is 0.268 e. The van der Waals surface area contributed by atoms with Gasteiger partial charge in [0.2, 0.25) is 0 Å². The summed E-state index contributed by atoms with van der Waals surface area (Å²) < 4.78 is 9.60. The summed E-state index contributed by atoms with van der Waals surface area (Å²) in [7, 11) is 0. The first kappa shape index (κ1) is 29.6. The van der Waals surface area contributed by atoms with E-state index in [4.69, 9.17) is 4.74 Å². The van der Waals surface area contributed by atoms with Gasteiger partial charge in [0.25, 0.3) is 6.71 Å². The van der Waals surface area contributed by atoms with Crippen LogP contribution in [0.2, 0.25) is 0 Å². The zero-order chi connectivity index (χ0) is 32.8. The minimum absolute atomic E-state index is 0.117. The van der Waals surface area contributed by atoms with Gasteiger partial charge < -0.3 is 9.64 Å². The van der Waals surface area contributed by atoms with Gasteiger partial charge in [-0.2, -0.15) is 0 Å². The maximum atomic E-state index is 6.95. The van der Waals surface area contributed by atoms with Gasteiger partial charge in [-0.25, -0.2) is 0 Å². The molecule has 3 heterocycles. The van der Waals surface area contributed by atoms with E-state index < -0.39 is 0 Å². The first-order valence-corrected chi connectivity index (χ1v) is 18.5. The van der Waals surface area contributed by atoms with E-state index in [2.05, 4.69) is 134 Å². The van der Waals surface area contributed by atoms with E-state index in [1.807, 2.05) is 11.3 Å². The summed E-state index contributed by atoms with van der Waals surface area (Å²) in [6.07, 6.45) is 4.83. The molecule has 238 valence electrons. The fraction of sp³-hybridized carbons (Fsp3) is 0.395. The quantitative estimate of drug-likeness (QED) is 0.167. The van der Waals surface area contributed by atoms with Gasteiger partial charge in [-0.1, -0.05) is 85.2 Å². The topological polar surface area (TPSA) is 12.5 Å². The van der Waals surface area contributed by atoms with Crippen LogP contribution < -0.4 is 25.3 Å². The van der Waals surface area contributed by atoms with Crippen molar-refractivity contribution in [2.45, 2.75) is 110 Å². The Morgan fingerprint density at radius 2 is 1.30 bits per heavy atom. The van der Waals surface area contributed by atoms with Crippen LogP contribution in [0, 0.1) is 6.92 Å². The van der Waals surface area contributed by atoms with Crippen LogP contribution in [0.15, 0.2) is 66.7 Å². The number of thiophene rings is 1. The third-order valence-electron chi connectivity index (χ3n) is 12.5. The Morgan fingerprint density at radius 3 is 2.00 bits per heavy atom. The van der Waals surface area contributed by atoms with Crippen molar-refractivity contribution in [1.29, 1.82) is 0 Å². The lowest BCUT2D eigenvalue weighted by atomic mass is 9.36. The molecule has 0 saturated carbocycles. The molecule has 2 aliphatic heterocycles. The third-order valence-corrected chi connectivity index (χ3v) is 13.7. The number of fused-ring (bicyclic) bond motifs is 8. The lowest BCUT2D eigenvalue weighted by molar-refractivity contribution is 0.332. The molecule has 0 atom stereocenters. The smallest absolute Gasteiger partial charge is 0.268 e. The summed E-state index contributed by atoms with van der Waals surface area (Å²) in [4.78, 5) is 2.59. The normalized spacial score (nSPS) is 20.4. The molecule has 0 spiro atoms. The standard InChI is InChI=1S/C43H46BNOS/c1-25-13-16-36-27(21-25)38-39(47-36)44-32-23-30-31(43(8,9)20-19-42(30,6)7)24-34(32)45(33-11-10-12-35(46-38)37(33)44)26-14-15-28-29(22-26)41(4,5)18-17-40(28,2)3/h10-16,21-24H,17-20H2,1-9H3. The number of rotatable bonds is 1. The van der Waals surface area contributed by atoms with Crippen molar-refractivity contribution in [3.63, 3.8) is 0 Å². The molecular weight excluding hydrogens is 589 g/mol. The molecule has 0 fully saturated rings. The number of ether oxygens (including phenoxy) is 1. The summed E-state index contributed by atoms with van der Waals surface area (Å²) in [5.74, 6) is 2.05. The highest BCUT2D eigenvalue weighted by molar-refractivity contribution is 7.33. The molecule has 4 aromatic carbocycles. The number of anilines is 3. The van der Waals surface area contributed by atoms with Gasteiger partial charge in [0.1, 0.15) is 11.5 Å². The molecule has 1 aromatic heterocycles. The molecule has 0 amide bonds. The Hall–Kier alpha value is -3.50. The summed E-state index contributed by atoms with van der Waals surface area (Å²) in [6, 6.07) is 26.2. The van der Waals surface area contributed by atoms with Gasteiger partial charge in [-0.05, 0) is 130 Å². The van der Waals surface area contributed by atoms with Crippen molar-refractivity contribution in [2.24, 2.45) is 0 Å². The molecule has 0 N–H and O–H groups in total. The van der Waals surface area contributed by atoms with E-state index in [0.29, 0.717) is 0 Å². The monoisotopic (exact) mass is 635 g/mol. The number of hydrogen-bond donors (Lipinski definition) is 0. The molecule has 9 rings (SSSR count). The fourth-order valence-corrected chi connectivity index (χ4v) is 10.6. The van der Waals surface area contributed by atoms with Gasteiger partial charge in [-0.3, -0.25) is 0 Å². The van der Waals surface area contributed by atoms with Crippen LogP contribution in [0.4, 0.5) is 17.1 Å². The van der Waals surface area contributed by atoms with Crippen LogP contribution in [0.25, 0.3) is 10.1 Å². The molecule has 2 aliphatic carbocycles. The van der Waals surface area contributed by atoms with Gasteiger partial charge in [0, 0.05) is 31.9 Å². The lowest BCUT2D eigenvalue weighted by Gasteiger charge is -2.46. The van der Waals surface area contributed by atoms with Gasteiger partial charge in [0.15, 0.2) is 0 Å². The number of benzene rings is 4. The Bertz CT molecular complexity index is 2160. The Morgan fingerprint density at radius 1 is 0.660 bits per heavy atom. The molecule has 4 heteroatoms. The van der Waals surface area contributed by atoms with Crippen LogP contribution in [0.1, 0.15) is 109 Å². The fourth-order valence-electron chi connectivity index (χ4n) is 9.32. The molecule has 5 aromatic rings. The van der Waals surface area contributed by atoms with Crippen molar-refractivity contribution < 1.29 is 4.74 Å². The minimum Gasteiger partial charge on any atom is -0.457 e. The van der Waals surface area contributed by atoms with Gasteiger partial charge >= 0.3 is 0 Å². The molecule has 47 heavy (non-hydrogen) atoms. The average Bonchev–Trinajstić information content (AvgIpc) is 3.38. The summed E-state index contributed by atoms with van der Waals surface area (Å²) >= 11 is 1.92. The Balaban J connectivity index is 1.36. The highest BCUT2D eigenvalue weighted by atomic mass is 32.1. The Labute approximate surface area is 285 Å². The summed E-state index contributed by atoms with van der Waals surface area (Å²) in [6.45, 7) is 21.9. The highest BCUT2D eigenvalue weighted by Gasteiger charge is 2.47. The molecule has 0 saturated heterocycles. The van der Waals surface area contributed by atoms with Crippen molar-refractivity contribution in [2.75, 3.05) is 4.90 Å². The van der Waals surface area contributed by atoms with E-state index in [0.717, 1.165) is 11.5 Å². The molecular formula is C43H46BNOS. The highest BCUT2D eigenvalue weighted by Crippen LogP contribution is 2.52. The molecule has 2 nitrogen and oxygen atoms in total. The zero-order valence-corrected chi connectivity index (χ0v) is 30.3. The third kappa shape index (κ3) is 4.09. The van der Waals surface area contributed by atoms with Crippen LogP contribution in [0.5, 0.6) is 11.5 Å². The van der Waals surface area contributed by atoms with Crippen LogP contribution in [-0.2, 0) is 21.7 Å². The molecule has 0 unspecified atom stereocenters. The number of hydrogen-bond acceptors (Lipinski definition) is 3. The molecule has 0 radical (unpaired) electrons. The summed E-state index contributed by atoms with van der Waals surface area (Å²) in [5.41, 5.74) is 14.4. The van der Waals surface area contributed by atoms with Gasteiger partial charge in [0.05, 0.1) is 0 Å². The summed E-state index contributed by atoms with van der Waals surface area (Å²) in [5, 5.41) is 1.24. The van der Waals surface area contributed by atoms with E-state index in [1.165, 1.54) is 96.4 Å². The SMILES string of the molecule is Cc1ccc2sc3c(c2c1)Oc1cccc2c1B3c1cc3c(cc1N2c1ccc2c(c1)C(C)(C)CCC2(C)C)C(C)(C)CCC3(C)C. The van der Waals surface area contributed by atoms with Crippen molar-refractivity contribution in [3.05, 3.63) is 94.5 Å². The van der Waals surface area contributed by atoms with E-state index >= 15 is 0 Å². The van der Waals surface area contributed by atoms with Crippen molar-refractivity contribution in [3.8, 4) is 11.5 Å². The lowest BCUT2D eigenvalue weighted by Crippen LogP contribution is -2.59. The van der Waals surface area contributed by atoms with Crippen LogP contribution >= 0.6 is 11.3 Å². The molecule has 4 aliphatic rings. The van der Waals surface area contributed by atoms with E-state index in [9.17, 15) is 0 Å². The minimum atomic E-state index is 0.117. The second-order valence-corrected chi connectivity index (χ2v) is 18.7. The first-order valence-electron chi connectivity index (χ1n) is 17.6. The second-order valence-electron chi connectivity index (χ2n) is 17.6. The first-order chi connectivity index (χ1) is 22.2. The van der Waals surface area contributed by atoms with E-state index in [1.54, 1.807) is 0 Å². The van der Waals surface area contributed by atoms with Crippen LogP contribution in [0.3, 0.4) is 0 Å².